The fourth-order valence-electron chi connectivity index (χ4n) is 4.47. The monoisotopic (exact) mass is 393 g/mol. The van der Waals surface area contributed by atoms with Crippen molar-refractivity contribution in [2.75, 3.05) is 24.3 Å². The number of rotatable bonds is 4. The fourth-order valence-corrected chi connectivity index (χ4v) is 4.47. The van der Waals surface area contributed by atoms with Gasteiger partial charge in [0.2, 0.25) is 11.9 Å². The molecule has 6 heteroatoms. The summed E-state index contributed by atoms with van der Waals surface area (Å²) in [6, 6.07) is 10.4. The Morgan fingerprint density at radius 3 is 2.55 bits per heavy atom. The summed E-state index contributed by atoms with van der Waals surface area (Å²) < 4.78 is 0. The third-order valence-corrected chi connectivity index (χ3v) is 5.68. The number of nitrogens with one attached hydrogen (secondary N) is 1. The molecule has 0 radical (unpaired) electrons. The van der Waals surface area contributed by atoms with Gasteiger partial charge in [-0.25, -0.2) is 4.98 Å². The topological polar surface area (TPSA) is 61.4 Å². The van der Waals surface area contributed by atoms with Crippen LogP contribution in [0.15, 0.2) is 30.3 Å². The van der Waals surface area contributed by atoms with E-state index in [2.05, 4.69) is 31.0 Å². The number of carbonyl (C=O) groups is 1. The molecule has 0 saturated carbocycles. The molecule has 2 atom stereocenters. The van der Waals surface area contributed by atoms with Gasteiger partial charge in [0, 0.05) is 44.2 Å². The van der Waals surface area contributed by atoms with Gasteiger partial charge >= 0.3 is 0 Å². The Hall–Kier alpha value is -2.63. The van der Waals surface area contributed by atoms with Crippen LogP contribution in [0.5, 0.6) is 0 Å². The predicted molar refractivity (Wildman–Crippen MR) is 116 cm³/mol. The Bertz CT molecular complexity index is 903. The number of hydrogen-bond acceptors (Lipinski definition) is 5. The van der Waals surface area contributed by atoms with E-state index in [1.807, 2.05) is 49.3 Å². The van der Waals surface area contributed by atoms with E-state index in [9.17, 15) is 4.79 Å². The molecule has 1 N–H and O–H groups in total. The largest absolute Gasteiger partial charge is 0.347 e. The first-order valence-corrected chi connectivity index (χ1v) is 10.4. The first-order valence-electron chi connectivity index (χ1n) is 10.4. The molecule has 2 unspecified atom stereocenters. The van der Waals surface area contributed by atoms with Crippen molar-refractivity contribution in [1.29, 1.82) is 0 Å². The zero-order valence-electron chi connectivity index (χ0n) is 18.1. The maximum Gasteiger partial charge on any atom is 0.227 e. The normalized spacial score (nSPS) is 20.4. The molecule has 2 aromatic rings. The van der Waals surface area contributed by atoms with Crippen LogP contribution >= 0.6 is 0 Å². The second kappa shape index (κ2) is 7.32. The van der Waals surface area contributed by atoms with E-state index in [-0.39, 0.29) is 23.4 Å². The lowest BCUT2D eigenvalue weighted by Gasteiger charge is -2.38. The molecular weight excluding hydrogens is 362 g/mol. The molecule has 2 bridgehead atoms. The van der Waals surface area contributed by atoms with E-state index >= 15 is 0 Å². The van der Waals surface area contributed by atoms with Gasteiger partial charge in [0.05, 0.1) is 11.7 Å². The Balaban J connectivity index is 1.75. The molecular formula is C23H31N5O. The molecule has 154 valence electrons. The molecule has 1 aromatic heterocycles. The summed E-state index contributed by atoms with van der Waals surface area (Å²) in [5, 5.41) is 3.50. The summed E-state index contributed by atoms with van der Waals surface area (Å²) in [6.07, 6.45) is 3.36. The molecule has 3 heterocycles. The molecule has 1 fully saturated rings. The van der Waals surface area contributed by atoms with Crippen LogP contribution in [0.4, 0.5) is 17.5 Å². The highest BCUT2D eigenvalue weighted by atomic mass is 16.2. The molecule has 4 rings (SSSR count). The van der Waals surface area contributed by atoms with Crippen LogP contribution in [0.1, 0.15) is 57.3 Å². The highest BCUT2D eigenvalue weighted by molar-refractivity contribution is 5.79. The highest BCUT2D eigenvalue weighted by Gasteiger charge is 2.45. The summed E-state index contributed by atoms with van der Waals surface area (Å²) in [5.41, 5.74) is 3.14. The van der Waals surface area contributed by atoms with Crippen molar-refractivity contribution in [1.82, 2.24) is 14.9 Å². The van der Waals surface area contributed by atoms with E-state index in [0.717, 1.165) is 42.0 Å². The number of benzene rings is 1. The summed E-state index contributed by atoms with van der Waals surface area (Å²) in [7, 11) is 3.93. The zero-order chi connectivity index (χ0) is 20.8. The summed E-state index contributed by atoms with van der Waals surface area (Å²) in [5.74, 6) is 1.78. The van der Waals surface area contributed by atoms with Crippen LogP contribution in [-0.2, 0) is 11.2 Å². The van der Waals surface area contributed by atoms with Crippen LogP contribution in [-0.4, -0.2) is 40.9 Å². The van der Waals surface area contributed by atoms with Gasteiger partial charge in [-0.1, -0.05) is 39.0 Å². The third-order valence-electron chi connectivity index (χ3n) is 5.68. The average molecular weight is 394 g/mol. The molecule has 6 nitrogen and oxygen atoms in total. The standard InChI is InChI=1S/C23H31N5O/c1-23(2,3)14-19(29)28-16-11-12-18(28)20-17(13-16)25-22(27(4)5)26-21(20)24-15-9-7-6-8-10-15/h6-10,16,18H,11-14H2,1-5H3,(H,24,25,26). The summed E-state index contributed by atoms with van der Waals surface area (Å²) in [6.45, 7) is 6.37. The van der Waals surface area contributed by atoms with E-state index < -0.39 is 0 Å². The van der Waals surface area contributed by atoms with Crippen molar-refractivity contribution >= 4 is 23.4 Å². The van der Waals surface area contributed by atoms with Crippen LogP contribution in [0.3, 0.4) is 0 Å². The smallest absolute Gasteiger partial charge is 0.227 e. The van der Waals surface area contributed by atoms with Gasteiger partial charge in [-0.2, -0.15) is 4.98 Å². The van der Waals surface area contributed by atoms with Gasteiger partial charge in [0.1, 0.15) is 5.82 Å². The third kappa shape index (κ3) is 3.93. The first-order chi connectivity index (χ1) is 13.7. The van der Waals surface area contributed by atoms with Crippen molar-refractivity contribution in [2.24, 2.45) is 5.41 Å². The SMILES string of the molecule is CN(C)c1nc2c(c(Nc3ccccc3)n1)C1CCC(C2)N1C(=O)CC(C)(C)C. The Labute approximate surface area is 173 Å². The van der Waals surface area contributed by atoms with Crippen molar-refractivity contribution in [3.63, 3.8) is 0 Å². The van der Waals surface area contributed by atoms with Crippen molar-refractivity contribution < 1.29 is 4.79 Å². The molecule has 2 aliphatic heterocycles. The Morgan fingerprint density at radius 1 is 1.17 bits per heavy atom. The minimum atomic E-state index is -0.0206. The van der Waals surface area contributed by atoms with Gasteiger partial charge in [-0.05, 0) is 30.4 Å². The number of para-hydroxylation sites is 1. The molecule has 2 aliphatic rings. The minimum absolute atomic E-state index is 0.0206. The van der Waals surface area contributed by atoms with Crippen molar-refractivity contribution in [3.8, 4) is 0 Å². The Kier molecular flexibility index (Phi) is 4.97. The summed E-state index contributed by atoms with van der Waals surface area (Å²) >= 11 is 0. The number of fused-ring (bicyclic) bond motifs is 4. The van der Waals surface area contributed by atoms with Crippen LogP contribution in [0, 0.1) is 5.41 Å². The second-order valence-corrected chi connectivity index (χ2v) is 9.61. The number of anilines is 3. The Morgan fingerprint density at radius 2 is 1.90 bits per heavy atom. The van der Waals surface area contributed by atoms with Crippen LogP contribution in [0.25, 0.3) is 0 Å². The van der Waals surface area contributed by atoms with Gasteiger partial charge in [0.15, 0.2) is 0 Å². The molecule has 1 aromatic carbocycles. The average Bonchev–Trinajstić information content (AvgIpc) is 2.95. The van der Waals surface area contributed by atoms with Gasteiger partial charge in [-0.15, -0.1) is 0 Å². The quantitative estimate of drug-likeness (QED) is 0.839. The number of amides is 1. The maximum absolute atomic E-state index is 13.2. The number of nitrogens with zero attached hydrogens (tertiary/aromatic N) is 4. The zero-order valence-corrected chi connectivity index (χ0v) is 18.1. The fraction of sp³-hybridized carbons (Fsp3) is 0.522. The van der Waals surface area contributed by atoms with E-state index in [0.29, 0.717) is 12.4 Å². The number of hydrogen-bond donors (Lipinski definition) is 1. The second-order valence-electron chi connectivity index (χ2n) is 9.61. The minimum Gasteiger partial charge on any atom is -0.347 e. The molecule has 29 heavy (non-hydrogen) atoms. The lowest BCUT2D eigenvalue weighted by molar-refractivity contribution is -0.136. The lowest BCUT2D eigenvalue weighted by Crippen LogP contribution is -2.43. The highest BCUT2D eigenvalue weighted by Crippen LogP contribution is 2.47. The van der Waals surface area contributed by atoms with Crippen molar-refractivity contribution in [3.05, 3.63) is 41.6 Å². The lowest BCUT2D eigenvalue weighted by atomic mass is 9.90. The predicted octanol–water partition coefficient (Wildman–Crippen LogP) is 4.31. The van der Waals surface area contributed by atoms with E-state index in [1.54, 1.807) is 0 Å². The summed E-state index contributed by atoms with van der Waals surface area (Å²) in [4.78, 5) is 26.9. The first kappa shape index (κ1) is 19.7. The van der Waals surface area contributed by atoms with Crippen LogP contribution < -0.4 is 10.2 Å². The molecule has 1 amide bonds. The van der Waals surface area contributed by atoms with E-state index in [1.165, 1.54) is 0 Å². The molecule has 0 aliphatic carbocycles. The maximum atomic E-state index is 13.2. The van der Waals surface area contributed by atoms with Gasteiger partial charge in [0.25, 0.3) is 0 Å². The number of aromatic nitrogens is 2. The van der Waals surface area contributed by atoms with Crippen LogP contribution in [0.2, 0.25) is 0 Å². The number of carbonyl (C=O) groups excluding carboxylic acids is 1. The van der Waals surface area contributed by atoms with Crippen molar-refractivity contribution in [2.45, 2.75) is 58.5 Å². The van der Waals surface area contributed by atoms with E-state index in [4.69, 9.17) is 9.97 Å². The molecule has 0 spiro atoms. The van der Waals surface area contributed by atoms with Gasteiger partial charge in [-0.3, -0.25) is 4.79 Å². The molecule has 1 saturated heterocycles. The van der Waals surface area contributed by atoms with Gasteiger partial charge < -0.3 is 15.1 Å².